The van der Waals surface area contributed by atoms with Crippen LogP contribution in [0.15, 0.2) is 24.3 Å². The summed E-state index contributed by atoms with van der Waals surface area (Å²) in [5.41, 5.74) is 6.24. The van der Waals surface area contributed by atoms with Gasteiger partial charge in [0, 0.05) is 13.2 Å². The average molecular weight is 250 g/mol. The molecule has 1 aromatic carbocycles. The van der Waals surface area contributed by atoms with Gasteiger partial charge in [-0.2, -0.15) is 0 Å². The van der Waals surface area contributed by atoms with Crippen molar-refractivity contribution in [2.45, 2.75) is 25.0 Å². The third-order valence-corrected chi connectivity index (χ3v) is 3.07. The molecule has 0 bridgehead atoms. The van der Waals surface area contributed by atoms with Crippen LogP contribution in [0.2, 0.25) is 0 Å². The molecule has 1 amide bonds. The smallest absolute Gasteiger partial charge is 0.258 e. The Kier molecular flexibility index (Phi) is 4.04. The largest absolute Gasteiger partial charge is 0.482 e. The van der Waals surface area contributed by atoms with Crippen molar-refractivity contribution in [1.29, 1.82) is 0 Å². The maximum absolute atomic E-state index is 11.6. The minimum Gasteiger partial charge on any atom is -0.482 e. The first-order valence-corrected chi connectivity index (χ1v) is 5.98. The second-order valence-corrected chi connectivity index (χ2v) is 4.42. The minimum absolute atomic E-state index is 0.0115. The summed E-state index contributed by atoms with van der Waals surface area (Å²) in [6, 6.07) is 7.33. The van der Waals surface area contributed by atoms with Gasteiger partial charge in [-0.05, 0) is 25.0 Å². The molecule has 2 rings (SSSR count). The monoisotopic (exact) mass is 250 g/mol. The number of methoxy groups -OCH3 is 1. The van der Waals surface area contributed by atoms with Gasteiger partial charge in [0.15, 0.2) is 6.61 Å². The van der Waals surface area contributed by atoms with Crippen LogP contribution in [0.1, 0.15) is 12.8 Å². The van der Waals surface area contributed by atoms with Crippen molar-refractivity contribution in [2.24, 2.45) is 0 Å². The van der Waals surface area contributed by atoms with Crippen LogP contribution in [0.5, 0.6) is 5.75 Å². The fourth-order valence-electron chi connectivity index (χ4n) is 1.90. The van der Waals surface area contributed by atoms with Crippen LogP contribution in [0.4, 0.5) is 5.69 Å². The van der Waals surface area contributed by atoms with Crippen LogP contribution in [-0.2, 0) is 9.53 Å². The van der Waals surface area contributed by atoms with E-state index in [1.807, 2.05) is 12.1 Å². The number of hydrogen-bond acceptors (Lipinski definition) is 4. The summed E-state index contributed by atoms with van der Waals surface area (Å²) < 4.78 is 10.5. The Morgan fingerprint density at radius 2 is 2.17 bits per heavy atom. The van der Waals surface area contributed by atoms with Crippen molar-refractivity contribution in [3.63, 3.8) is 0 Å². The van der Waals surface area contributed by atoms with Crippen LogP contribution >= 0.6 is 0 Å². The van der Waals surface area contributed by atoms with E-state index in [1.165, 1.54) is 0 Å². The lowest BCUT2D eigenvalue weighted by atomic mass is 9.89. The Morgan fingerprint density at radius 3 is 2.83 bits per heavy atom. The second-order valence-electron chi connectivity index (χ2n) is 4.42. The molecule has 5 nitrogen and oxygen atoms in total. The average Bonchev–Trinajstić information content (AvgIpc) is 2.32. The van der Waals surface area contributed by atoms with E-state index in [2.05, 4.69) is 5.32 Å². The molecule has 0 unspecified atom stereocenters. The standard InChI is InChI=1S/C13H18N2O3/c1-17-10-6-9(7-10)15-13(16)8-18-12-5-3-2-4-11(12)14/h2-5,9-10H,6-8,14H2,1H3,(H,15,16). The number of nitrogen functional groups attached to an aromatic ring is 1. The predicted octanol–water partition coefficient (Wildman–Crippen LogP) is 0.941. The first kappa shape index (κ1) is 12.7. The summed E-state index contributed by atoms with van der Waals surface area (Å²) >= 11 is 0. The third kappa shape index (κ3) is 3.13. The molecule has 18 heavy (non-hydrogen) atoms. The SMILES string of the molecule is COC1CC(NC(=O)COc2ccccc2N)C1. The number of hydrogen-bond donors (Lipinski definition) is 2. The van der Waals surface area contributed by atoms with Crippen LogP contribution in [0.25, 0.3) is 0 Å². The van der Waals surface area contributed by atoms with Gasteiger partial charge >= 0.3 is 0 Å². The lowest BCUT2D eigenvalue weighted by Gasteiger charge is -2.34. The van der Waals surface area contributed by atoms with Crippen molar-refractivity contribution in [3.8, 4) is 5.75 Å². The number of carbonyl (C=O) groups is 1. The number of para-hydroxylation sites is 2. The van der Waals surface area contributed by atoms with Crippen LogP contribution in [0.3, 0.4) is 0 Å². The zero-order chi connectivity index (χ0) is 13.0. The predicted molar refractivity (Wildman–Crippen MR) is 68.3 cm³/mol. The summed E-state index contributed by atoms with van der Waals surface area (Å²) in [5, 5.41) is 2.89. The highest BCUT2D eigenvalue weighted by Gasteiger charge is 2.30. The molecule has 1 aromatic rings. The van der Waals surface area contributed by atoms with E-state index < -0.39 is 0 Å². The van der Waals surface area contributed by atoms with Gasteiger partial charge in [-0.3, -0.25) is 4.79 Å². The molecule has 1 aliphatic carbocycles. The molecule has 3 N–H and O–H groups in total. The molecule has 0 saturated heterocycles. The fourth-order valence-corrected chi connectivity index (χ4v) is 1.90. The number of ether oxygens (including phenoxy) is 2. The molecule has 0 atom stereocenters. The van der Waals surface area contributed by atoms with Gasteiger partial charge in [-0.15, -0.1) is 0 Å². The normalized spacial score (nSPS) is 22.1. The van der Waals surface area contributed by atoms with Gasteiger partial charge in [0.25, 0.3) is 5.91 Å². The molecule has 0 spiro atoms. The molecule has 98 valence electrons. The highest BCUT2D eigenvalue weighted by molar-refractivity contribution is 5.78. The van der Waals surface area contributed by atoms with Gasteiger partial charge in [-0.25, -0.2) is 0 Å². The van der Waals surface area contributed by atoms with E-state index in [9.17, 15) is 4.79 Å². The van der Waals surface area contributed by atoms with Crippen LogP contribution < -0.4 is 15.8 Å². The number of benzene rings is 1. The Morgan fingerprint density at radius 1 is 1.44 bits per heavy atom. The summed E-state index contributed by atoms with van der Waals surface area (Å²) in [4.78, 5) is 11.6. The van der Waals surface area contributed by atoms with Gasteiger partial charge < -0.3 is 20.5 Å². The molecular formula is C13H18N2O3. The molecule has 1 aliphatic rings. The number of nitrogens with two attached hydrogens (primary N) is 1. The van der Waals surface area contributed by atoms with Crippen LogP contribution in [-0.4, -0.2) is 31.8 Å². The number of rotatable bonds is 5. The van der Waals surface area contributed by atoms with E-state index >= 15 is 0 Å². The Bertz CT molecular complexity index is 416. The lowest BCUT2D eigenvalue weighted by Crippen LogP contribution is -2.48. The molecule has 0 heterocycles. The summed E-state index contributed by atoms with van der Waals surface area (Å²) in [7, 11) is 1.68. The first-order valence-electron chi connectivity index (χ1n) is 5.98. The maximum atomic E-state index is 11.6. The van der Waals surface area contributed by atoms with E-state index in [4.69, 9.17) is 15.2 Å². The molecule has 0 radical (unpaired) electrons. The van der Waals surface area contributed by atoms with E-state index in [0.717, 1.165) is 12.8 Å². The Hall–Kier alpha value is -1.75. The van der Waals surface area contributed by atoms with Crippen molar-refractivity contribution >= 4 is 11.6 Å². The summed E-state index contributed by atoms with van der Waals surface area (Å²) in [6.07, 6.45) is 2.02. The number of nitrogens with one attached hydrogen (secondary N) is 1. The molecule has 1 saturated carbocycles. The van der Waals surface area contributed by atoms with Crippen molar-refractivity contribution < 1.29 is 14.3 Å². The summed E-state index contributed by atoms with van der Waals surface area (Å²) in [5.74, 6) is 0.411. The number of amides is 1. The molecule has 5 heteroatoms. The Balaban J connectivity index is 1.71. The van der Waals surface area contributed by atoms with Crippen molar-refractivity contribution in [1.82, 2.24) is 5.32 Å². The van der Waals surface area contributed by atoms with Crippen molar-refractivity contribution in [2.75, 3.05) is 19.5 Å². The summed E-state index contributed by atoms with van der Waals surface area (Å²) in [6.45, 7) is -0.0115. The zero-order valence-corrected chi connectivity index (χ0v) is 10.4. The molecular weight excluding hydrogens is 232 g/mol. The minimum atomic E-state index is -0.127. The van der Waals surface area contributed by atoms with Crippen molar-refractivity contribution in [3.05, 3.63) is 24.3 Å². The van der Waals surface area contributed by atoms with E-state index in [1.54, 1.807) is 19.2 Å². The zero-order valence-electron chi connectivity index (χ0n) is 10.4. The highest BCUT2D eigenvalue weighted by Crippen LogP contribution is 2.22. The number of anilines is 1. The number of carbonyl (C=O) groups excluding carboxylic acids is 1. The van der Waals surface area contributed by atoms with Gasteiger partial charge in [0.1, 0.15) is 5.75 Å². The van der Waals surface area contributed by atoms with E-state index in [0.29, 0.717) is 11.4 Å². The van der Waals surface area contributed by atoms with E-state index in [-0.39, 0.29) is 24.7 Å². The van der Waals surface area contributed by atoms with Gasteiger partial charge in [-0.1, -0.05) is 12.1 Å². The lowest BCUT2D eigenvalue weighted by molar-refractivity contribution is -0.125. The first-order chi connectivity index (χ1) is 8.69. The fraction of sp³-hybridized carbons (Fsp3) is 0.462. The topological polar surface area (TPSA) is 73.6 Å². The second kappa shape index (κ2) is 5.73. The highest BCUT2D eigenvalue weighted by atomic mass is 16.5. The Labute approximate surface area is 106 Å². The molecule has 0 aromatic heterocycles. The van der Waals surface area contributed by atoms with Gasteiger partial charge in [0.05, 0.1) is 11.8 Å². The molecule has 1 fully saturated rings. The molecule has 0 aliphatic heterocycles. The van der Waals surface area contributed by atoms with Crippen LogP contribution in [0, 0.1) is 0 Å². The maximum Gasteiger partial charge on any atom is 0.258 e. The van der Waals surface area contributed by atoms with Gasteiger partial charge in [0.2, 0.25) is 0 Å². The quantitative estimate of drug-likeness (QED) is 0.763. The third-order valence-electron chi connectivity index (χ3n) is 3.07.